The molecule has 3 aromatic rings. The summed E-state index contributed by atoms with van der Waals surface area (Å²) in [7, 11) is 0. The van der Waals surface area contributed by atoms with E-state index in [2.05, 4.69) is 21.2 Å². The molecule has 0 aliphatic carbocycles. The number of hydrogen-bond donors (Lipinski definition) is 2. The Labute approximate surface area is 223 Å². The summed E-state index contributed by atoms with van der Waals surface area (Å²) in [6.07, 6.45) is 1.39. The van der Waals surface area contributed by atoms with Crippen molar-refractivity contribution in [1.29, 1.82) is 0 Å². The molecule has 3 aromatic carbocycles. The molecule has 0 saturated carbocycles. The standard InChI is InChI=1S/C25H16BrN3O7S/c26-20-11-15(6-9-21(20)36-13-14-4-7-17(8-5-14)29(34)35)10-19-22(30)27-25(37)28(23(19)31)18-3-1-2-16(12-18)24(32)33/h1-12H,13H2,(H,32,33)(H,27,30,37). The number of benzene rings is 3. The summed E-state index contributed by atoms with van der Waals surface area (Å²) >= 11 is 8.57. The van der Waals surface area contributed by atoms with Crippen LogP contribution in [-0.4, -0.2) is 32.9 Å². The normalized spacial score (nSPS) is 14.5. The third-order valence-corrected chi connectivity index (χ3v) is 6.17. The molecule has 10 nitrogen and oxygen atoms in total. The number of carboxylic acids is 1. The Kier molecular flexibility index (Phi) is 7.41. The van der Waals surface area contributed by atoms with Gasteiger partial charge < -0.3 is 9.84 Å². The van der Waals surface area contributed by atoms with Crippen LogP contribution in [0.25, 0.3) is 6.08 Å². The van der Waals surface area contributed by atoms with Gasteiger partial charge in [-0.1, -0.05) is 12.1 Å². The number of carbonyl (C=O) groups is 3. The summed E-state index contributed by atoms with van der Waals surface area (Å²) in [6, 6.07) is 16.6. The van der Waals surface area contributed by atoms with Gasteiger partial charge in [-0.3, -0.25) is 29.9 Å². The van der Waals surface area contributed by atoms with Gasteiger partial charge in [0.2, 0.25) is 0 Å². The van der Waals surface area contributed by atoms with Gasteiger partial charge in [0.05, 0.1) is 20.6 Å². The van der Waals surface area contributed by atoms with Crippen molar-refractivity contribution in [3.63, 3.8) is 0 Å². The van der Waals surface area contributed by atoms with E-state index in [9.17, 15) is 29.6 Å². The first-order chi connectivity index (χ1) is 17.6. The highest BCUT2D eigenvalue weighted by Crippen LogP contribution is 2.29. The van der Waals surface area contributed by atoms with Gasteiger partial charge in [-0.25, -0.2) is 4.79 Å². The molecule has 0 bridgehead atoms. The number of thiocarbonyl (C=S) groups is 1. The smallest absolute Gasteiger partial charge is 0.335 e. The highest BCUT2D eigenvalue weighted by atomic mass is 79.9. The van der Waals surface area contributed by atoms with Gasteiger partial charge >= 0.3 is 5.97 Å². The van der Waals surface area contributed by atoms with Crippen LogP contribution in [0.2, 0.25) is 0 Å². The van der Waals surface area contributed by atoms with Crippen molar-refractivity contribution < 1.29 is 29.2 Å². The summed E-state index contributed by atoms with van der Waals surface area (Å²) in [4.78, 5) is 48.4. The highest BCUT2D eigenvalue weighted by Gasteiger charge is 2.34. The second kappa shape index (κ2) is 10.7. The number of halogens is 1. The van der Waals surface area contributed by atoms with E-state index >= 15 is 0 Å². The molecule has 1 fully saturated rings. The van der Waals surface area contributed by atoms with Crippen LogP contribution in [0, 0.1) is 10.1 Å². The number of carbonyl (C=O) groups excluding carboxylic acids is 2. The summed E-state index contributed by atoms with van der Waals surface area (Å²) in [5.41, 5.74) is 1.20. The van der Waals surface area contributed by atoms with Gasteiger partial charge in [-0.15, -0.1) is 0 Å². The van der Waals surface area contributed by atoms with Crippen molar-refractivity contribution in [3.8, 4) is 5.75 Å². The third-order valence-electron chi connectivity index (χ3n) is 5.26. The SMILES string of the molecule is O=C1NC(=S)N(c2cccc(C(=O)O)c2)C(=O)C1=Cc1ccc(OCc2ccc([N+](=O)[O-])cc2)c(Br)c1. The van der Waals surface area contributed by atoms with Crippen LogP contribution < -0.4 is 15.0 Å². The quantitative estimate of drug-likeness (QED) is 0.137. The van der Waals surface area contributed by atoms with Crippen molar-refractivity contribution >= 4 is 68.5 Å². The molecule has 1 heterocycles. The molecule has 2 amide bonds. The van der Waals surface area contributed by atoms with Crippen LogP contribution in [0.3, 0.4) is 0 Å². The lowest BCUT2D eigenvalue weighted by atomic mass is 10.1. The average Bonchev–Trinajstić information content (AvgIpc) is 2.86. The minimum atomic E-state index is -1.17. The van der Waals surface area contributed by atoms with Gasteiger partial charge in [-0.05, 0) is 87.8 Å². The number of ether oxygens (including phenoxy) is 1. The number of non-ortho nitro benzene ring substituents is 1. The Hall–Kier alpha value is -4.42. The molecule has 0 spiro atoms. The number of rotatable bonds is 7. The fourth-order valence-electron chi connectivity index (χ4n) is 3.44. The first kappa shape index (κ1) is 25.7. The van der Waals surface area contributed by atoms with E-state index < -0.39 is 22.7 Å². The molecule has 0 radical (unpaired) electrons. The van der Waals surface area contributed by atoms with Gasteiger partial charge in [0.15, 0.2) is 5.11 Å². The maximum atomic E-state index is 13.2. The number of hydrogen-bond acceptors (Lipinski definition) is 7. The van der Waals surface area contributed by atoms with Crippen LogP contribution in [-0.2, 0) is 16.2 Å². The van der Waals surface area contributed by atoms with Crippen molar-refractivity contribution in [2.45, 2.75) is 6.61 Å². The number of nitrogens with zero attached hydrogens (tertiary/aromatic N) is 2. The fourth-order valence-corrected chi connectivity index (χ4v) is 4.23. The topological polar surface area (TPSA) is 139 Å². The Morgan fingerprint density at radius 3 is 2.51 bits per heavy atom. The maximum absolute atomic E-state index is 13.2. The number of nitrogens with one attached hydrogen (secondary N) is 1. The minimum absolute atomic E-state index is 0.0162. The van der Waals surface area contributed by atoms with Crippen molar-refractivity contribution in [3.05, 3.63) is 104 Å². The molecule has 2 N–H and O–H groups in total. The van der Waals surface area contributed by atoms with E-state index in [1.165, 1.54) is 42.5 Å². The van der Waals surface area contributed by atoms with Crippen molar-refractivity contribution in [2.24, 2.45) is 0 Å². The van der Waals surface area contributed by atoms with Crippen LogP contribution in [0.5, 0.6) is 5.75 Å². The molecule has 37 heavy (non-hydrogen) atoms. The lowest BCUT2D eigenvalue weighted by Crippen LogP contribution is -2.54. The van der Waals surface area contributed by atoms with E-state index in [4.69, 9.17) is 17.0 Å². The number of anilines is 1. The summed E-state index contributed by atoms with van der Waals surface area (Å²) < 4.78 is 6.32. The molecule has 0 aromatic heterocycles. The lowest BCUT2D eigenvalue weighted by Gasteiger charge is -2.29. The van der Waals surface area contributed by atoms with Crippen LogP contribution in [0.15, 0.2) is 76.8 Å². The predicted molar refractivity (Wildman–Crippen MR) is 141 cm³/mol. The summed E-state index contributed by atoms with van der Waals surface area (Å²) in [5.74, 6) is -2.08. The predicted octanol–water partition coefficient (Wildman–Crippen LogP) is 4.47. The minimum Gasteiger partial charge on any atom is -0.488 e. The van der Waals surface area contributed by atoms with Gasteiger partial charge in [-0.2, -0.15) is 0 Å². The van der Waals surface area contributed by atoms with Gasteiger partial charge in [0, 0.05) is 12.1 Å². The van der Waals surface area contributed by atoms with Crippen molar-refractivity contribution in [1.82, 2.24) is 5.32 Å². The second-order valence-electron chi connectivity index (χ2n) is 7.72. The second-order valence-corrected chi connectivity index (χ2v) is 8.96. The molecular formula is C25H16BrN3O7S. The zero-order valence-electron chi connectivity index (χ0n) is 18.7. The summed E-state index contributed by atoms with van der Waals surface area (Å²) in [5, 5.41) is 22.3. The lowest BCUT2D eigenvalue weighted by molar-refractivity contribution is -0.384. The molecule has 1 saturated heterocycles. The first-order valence-electron chi connectivity index (χ1n) is 10.5. The van der Waals surface area contributed by atoms with E-state index in [1.54, 1.807) is 30.3 Å². The number of nitro groups is 1. The Morgan fingerprint density at radius 1 is 1.14 bits per heavy atom. The zero-order valence-corrected chi connectivity index (χ0v) is 21.1. The molecular weight excluding hydrogens is 566 g/mol. The van der Waals surface area contributed by atoms with Crippen LogP contribution >= 0.6 is 28.1 Å². The number of aromatic carboxylic acids is 1. The molecule has 0 unspecified atom stereocenters. The maximum Gasteiger partial charge on any atom is 0.335 e. The van der Waals surface area contributed by atoms with E-state index in [1.807, 2.05) is 0 Å². The largest absolute Gasteiger partial charge is 0.488 e. The molecule has 0 atom stereocenters. The number of carboxylic acid groups (broad SMARTS) is 1. The Balaban J connectivity index is 1.54. The van der Waals surface area contributed by atoms with Gasteiger partial charge in [0.1, 0.15) is 17.9 Å². The Morgan fingerprint density at radius 2 is 1.86 bits per heavy atom. The molecule has 1 aliphatic heterocycles. The fraction of sp³-hybridized carbons (Fsp3) is 0.0400. The Bertz CT molecular complexity index is 1490. The first-order valence-corrected chi connectivity index (χ1v) is 11.7. The monoisotopic (exact) mass is 581 g/mol. The molecule has 186 valence electrons. The van der Waals surface area contributed by atoms with Gasteiger partial charge in [0.25, 0.3) is 17.5 Å². The average molecular weight is 582 g/mol. The van der Waals surface area contributed by atoms with Crippen LogP contribution in [0.4, 0.5) is 11.4 Å². The van der Waals surface area contributed by atoms with Crippen LogP contribution in [0.1, 0.15) is 21.5 Å². The summed E-state index contributed by atoms with van der Waals surface area (Å²) in [6.45, 7) is 0.166. The third kappa shape index (κ3) is 5.71. The number of nitro benzene ring substituents is 1. The van der Waals surface area contributed by atoms with E-state index in [0.29, 0.717) is 15.8 Å². The van der Waals surface area contributed by atoms with Crippen molar-refractivity contribution in [2.75, 3.05) is 4.90 Å². The molecule has 4 rings (SSSR count). The zero-order chi connectivity index (χ0) is 26.7. The molecule has 1 aliphatic rings. The van der Waals surface area contributed by atoms with E-state index in [-0.39, 0.29) is 34.2 Å². The highest BCUT2D eigenvalue weighted by molar-refractivity contribution is 9.10. The van der Waals surface area contributed by atoms with E-state index in [0.717, 1.165) is 10.5 Å². The molecule has 12 heteroatoms. The number of amides is 2.